The van der Waals surface area contributed by atoms with Crippen molar-refractivity contribution >= 4 is 25.3 Å². The Balaban J connectivity index is 2.83. The minimum Gasteiger partial charge on any atom is -0.497 e. The molecule has 11 heavy (non-hydrogen) atoms. The van der Waals surface area contributed by atoms with Gasteiger partial charge in [0.1, 0.15) is 5.75 Å². The van der Waals surface area contributed by atoms with Gasteiger partial charge in [0.2, 0.25) is 0 Å². The molecule has 0 saturated carbocycles. The molecule has 0 N–H and O–H groups in total. The minimum atomic E-state index is -0.0130. The van der Waals surface area contributed by atoms with Crippen LogP contribution in [0.2, 0.25) is 0 Å². The van der Waals surface area contributed by atoms with Crippen LogP contribution in [0.1, 0.15) is 10.1 Å². The minimum absolute atomic E-state index is 0.0130. The summed E-state index contributed by atoms with van der Waals surface area (Å²) in [6, 6.07) is 7.69. The third-order valence-corrected chi connectivity index (χ3v) is 2.01. The molecule has 1 aromatic carbocycles. The van der Waals surface area contributed by atoms with Gasteiger partial charge >= 0.3 is 0 Å². The molecule has 0 aromatic heterocycles. The third-order valence-electron chi connectivity index (χ3n) is 1.41. The van der Waals surface area contributed by atoms with E-state index in [1.807, 2.05) is 24.3 Å². The number of hydrogen-bond acceptors (Lipinski definition) is 3. The van der Waals surface area contributed by atoms with Crippen molar-refractivity contribution in [3.8, 4) is 5.75 Å². The van der Waals surface area contributed by atoms with Gasteiger partial charge in [-0.1, -0.05) is 12.1 Å². The van der Waals surface area contributed by atoms with E-state index in [4.69, 9.17) is 4.74 Å². The lowest BCUT2D eigenvalue weighted by molar-refractivity contribution is 0.414. The summed E-state index contributed by atoms with van der Waals surface area (Å²) < 4.78 is 4.99. The summed E-state index contributed by atoms with van der Waals surface area (Å²) >= 11 is 8.35. The Kier molecular flexibility index (Phi) is 3.15. The maximum absolute atomic E-state index is 5.00. The summed E-state index contributed by atoms with van der Waals surface area (Å²) in [6.07, 6.45) is 0. The molecule has 1 rings (SSSR count). The normalized spacial score (nSPS) is 10.2. The zero-order valence-corrected chi connectivity index (χ0v) is 7.98. The second-order valence-electron chi connectivity index (χ2n) is 2.15. The Labute approximate surface area is 77.6 Å². The maximum atomic E-state index is 5.00. The highest BCUT2D eigenvalue weighted by molar-refractivity contribution is 7.98. The second-order valence-corrected chi connectivity index (χ2v) is 3.59. The molecule has 0 spiro atoms. The van der Waals surface area contributed by atoms with Gasteiger partial charge < -0.3 is 4.74 Å². The van der Waals surface area contributed by atoms with E-state index < -0.39 is 0 Å². The molecule has 0 atom stereocenters. The molecule has 1 aromatic rings. The van der Waals surface area contributed by atoms with Crippen molar-refractivity contribution in [2.75, 3.05) is 7.11 Å². The van der Waals surface area contributed by atoms with Crippen molar-refractivity contribution in [1.29, 1.82) is 0 Å². The molecule has 0 aliphatic heterocycles. The van der Waals surface area contributed by atoms with Crippen LogP contribution < -0.4 is 4.74 Å². The molecule has 0 radical (unpaired) electrons. The van der Waals surface area contributed by atoms with Crippen LogP contribution in [0.25, 0.3) is 0 Å². The highest BCUT2D eigenvalue weighted by Crippen LogP contribution is 2.24. The predicted octanol–water partition coefficient (Wildman–Crippen LogP) is 2.55. The van der Waals surface area contributed by atoms with Gasteiger partial charge in [0.15, 0.2) is 0 Å². The standard InChI is InChI=1S/C8H10OS2/c1-9-7-4-2-6(3-5-7)8(10)11/h2-5,8,10-11H,1H3. The zero-order chi connectivity index (χ0) is 8.27. The SMILES string of the molecule is COc1ccc(C(S)S)cc1. The predicted molar refractivity (Wildman–Crippen MR) is 53.7 cm³/mol. The zero-order valence-electron chi connectivity index (χ0n) is 6.19. The van der Waals surface area contributed by atoms with Gasteiger partial charge in [-0.25, -0.2) is 0 Å². The molecule has 0 heterocycles. The van der Waals surface area contributed by atoms with Gasteiger partial charge in [0.05, 0.1) is 11.7 Å². The number of thiol groups is 2. The van der Waals surface area contributed by atoms with Crippen LogP contribution in [-0.2, 0) is 0 Å². The van der Waals surface area contributed by atoms with Crippen molar-refractivity contribution < 1.29 is 4.74 Å². The van der Waals surface area contributed by atoms with E-state index in [-0.39, 0.29) is 4.58 Å². The molecule has 0 saturated heterocycles. The summed E-state index contributed by atoms with van der Waals surface area (Å²) in [4.78, 5) is 0. The second kappa shape index (κ2) is 3.93. The van der Waals surface area contributed by atoms with Crippen molar-refractivity contribution in [2.24, 2.45) is 0 Å². The monoisotopic (exact) mass is 186 g/mol. The van der Waals surface area contributed by atoms with Crippen molar-refractivity contribution in [3.63, 3.8) is 0 Å². The maximum Gasteiger partial charge on any atom is 0.118 e. The summed E-state index contributed by atoms with van der Waals surface area (Å²) in [5, 5.41) is 0. The van der Waals surface area contributed by atoms with Gasteiger partial charge in [-0.2, -0.15) is 25.3 Å². The van der Waals surface area contributed by atoms with E-state index in [9.17, 15) is 0 Å². The first-order valence-corrected chi connectivity index (χ1v) is 4.27. The quantitative estimate of drug-likeness (QED) is 0.533. The van der Waals surface area contributed by atoms with E-state index in [1.54, 1.807) is 7.11 Å². The largest absolute Gasteiger partial charge is 0.497 e. The lowest BCUT2D eigenvalue weighted by Crippen LogP contribution is -1.84. The van der Waals surface area contributed by atoms with Crippen molar-refractivity contribution in [3.05, 3.63) is 29.8 Å². The van der Waals surface area contributed by atoms with Gasteiger partial charge in [-0.3, -0.25) is 0 Å². The number of benzene rings is 1. The summed E-state index contributed by atoms with van der Waals surface area (Å²) in [7, 11) is 1.65. The summed E-state index contributed by atoms with van der Waals surface area (Å²) in [6.45, 7) is 0. The average Bonchev–Trinajstić information content (AvgIpc) is 2.05. The molecule has 0 aliphatic rings. The Hall–Kier alpha value is -0.280. The molecular weight excluding hydrogens is 176 g/mol. The van der Waals surface area contributed by atoms with Crippen LogP contribution >= 0.6 is 25.3 Å². The average molecular weight is 186 g/mol. The third kappa shape index (κ3) is 2.34. The van der Waals surface area contributed by atoms with Gasteiger partial charge in [0, 0.05) is 0 Å². The van der Waals surface area contributed by atoms with E-state index in [0.717, 1.165) is 11.3 Å². The first-order valence-electron chi connectivity index (χ1n) is 3.24. The smallest absolute Gasteiger partial charge is 0.118 e. The van der Waals surface area contributed by atoms with Gasteiger partial charge in [-0.15, -0.1) is 0 Å². The van der Waals surface area contributed by atoms with Crippen LogP contribution in [0.3, 0.4) is 0 Å². The van der Waals surface area contributed by atoms with Gasteiger partial charge in [-0.05, 0) is 17.7 Å². The first kappa shape index (κ1) is 8.81. The van der Waals surface area contributed by atoms with E-state index in [0.29, 0.717) is 0 Å². The highest BCUT2D eigenvalue weighted by Gasteiger charge is 1.98. The Morgan fingerprint density at radius 1 is 1.18 bits per heavy atom. The molecular formula is C8H10OS2. The van der Waals surface area contributed by atoms with E-state index in [2.05, 4.69) is 25.3 Å². The number of hydrogen-bond donors (Lipinski definition) is 2. The van der Waals surface area contributed by atoms with Crippen molar-refractivity contribution in [1.82, 2.24) is 0 Å². The van der Waals surface area contributed by atoms with Crippen LogP contribution in [0.5, 0.6) is 5.75 Å². The van der Waals surface area contributed by atoms with Crippen LogP contribution in [0.4, 0.5) is 0 Å². The molecule has 0 amide bonds. The molecule has 1 nitrogen and oxygen atoms in total. The Bertz CT molecular complexity index is 218. The van der Waals surface area contributed by atoms with Gasteiger partial charge in [0.25, 0.3) is 0 Å². The van der Waals surface area contributed by atoms with E-state index in [1.165, 1.54) is 0 Å². The molecule has 0 unspecified atom stereocenters. The topological polar surface area (TPSA) is 9.23 Å². The van der Waals surface area contributed by atoms with Crippen molar-refractivity contribution in [2.45, 2.75) is 4.58 Å². The fourth-order valence-electron chi connectivity index (χ4n) is 0.776. The van der Waals surface area contributed by atoms with Crippen LogP contribution in [0, 0.1) is 0 Å². The highest BCUT2D eigenvalue weighted by atomic mass is 32.2. The molecule has 0 bridgehead atoms. The Morgan fingerprint density at radius 3 is 2.09 bits per heavy atom. The molecule has 3 heteroatoms. The number of methoxy groups -OCH3 is 1. The molecule has 0 fully saturated rings. The Morgan fingerprint density at radius 2 is 1.73 bits per heavy atom. The van der Waals surface area contributed by atoms with E-state index >= 15 is 0 Å². The van der Waals surface area contributed by atoms with Crippen LogP contribution in [0.15, 0.2) is 24.3 Å². The van der Waals surface area contributed by atoms with Crippen LogP contribution in [-0.4, -0.2) is 7.11 Å². The summed E-state index contributed by atoms with van der Waals surface area (Å²) in [5.41, 5.74) is 1.08. The summed E-state index contributed by atoms with van der Waals surface area (Å²) in [5.74, 6) is 0.857. The lowest BCUT2D eigenvalue weighted by Gasteiger charge is -2.04. The molecule has 60 valence electrons. The fraction of sp³-hybridized carbons (Fsp3) is 0.250. The first-order chi connectivity index (χ1) is 5.24. The fourth-order valence-corrected chi connectivity index (χ4v) is 1.12. The number of ether oxygens (including phenoxy) is 1. The lowest BCUT2D eigenvalue weighted by atomic mass is 10.2. The molecule has 0 aliphatic carbocycles. The number of rotatable bonds is 2.